The SMILES string of the molecule is O=S(=O)(c1ccc(F)cc1)C12CCNC1CCc1nc(OCc3c(Cl)cccc3Cl)ccc12. The van der Waals surface area contributed by atoms with Gasteiger partial charge in [-0.05, 0) is 67.8 Å². The minimum absolute atomic E-state index is 0.110. The molecule has 2 heterocycles. The van der Waals surface area contributed by atoms with Gasteiger partial charge in [-0.15, -0.1) is 0 Å². The fourth-order valence-corrected chi connectivity index (χ4v) is 7.80. The van der Waals surface area contributed by atoms with Crippen LogP contribution in [-0.4, -0.2) is 26.0 Å². The number of hydrogen-bond donors (Lipinski definition) is 1. The van der Waals surface area contributed by atoms with Crippen molar-refractivity contribution >= 4 is 33.0 Å². The molecule has 1 aliphatic carbocycles. The Kier molecular flexibility index (Phi) is 5.85. The van der Waals surface area contributed by atoms with E-state index in [9.17, 15) is 12.8 Å². The van der Waals surface area contributed by atoms with Gasteiger partial charge in [-0.1, -0.05) is 35.3 Å². The quantitative estimate of drug-likeness (QED) is 0.488. The van der Waals surface area contributed by atoms with Gasteiger partial charge in [0.15, 0.2) is 9.84 Å². The lowest BCUT2D eigenvalue weighted by Crippen LogP contribution is -2.49. The van der Waals surface area contributed by atoms with Crippen molar-refractivity contribution in [1.29, 1.82) is 0 Å². The van der Waals surface area contributed by atoms with Crippen molar-refractivity contribution in [1.82, 2.24) is 10.3 Å². The average Bonchev–Trinajstić information content (AvgIpc) is 3.25. The Morgan fingerprint density at radius 2 is 1.82 bits per heavy atom. The van der Waals surface area contributed by atoms with Crippen LogP contribution in [0.25, 0.3) is 0 Å². The number of aromatic nitrogens is 1. The first-order valence-electron chi connectivity index (χ1n) is 10.6. The topological polar surface area (TPSA) is 68.3 Å². The van der Waals surface area contributed by atoms with E-state index in [0.717, 1.165) is 0 Å². The summed E-state index contributed by atoms with van der Waals surface area (Å²) in [6, 6.07) is 13.5. The molecular weight excluding hydrogens is 486 g/mol. The second-order valence-corrected chi connectivity index (χ2v) is 11.3. The van der Waals surface area contributed by atoms with Gasteiger partial charge in [-0.3, -0.25) is 0 Å². The molecule has 0 amide bonds. The molecule has 172 valence electrons. The Morgan fingerprint density at radius 1 is 1.09 bits per heavy atom. The number of pyridine rings is 1. The fourth-order valence-electron chi connectivity index (χ4n) is 4.95. The molecule has 2 aliphatic rings. The van der Waals surface area contributed by atoms with Crippen molar-refractivity contribution in [3.8, 4) is 5.88 Å². The smallest absolute Gasteiger partial charge is 0.213 e. The molecule has 0 saturated carbocycles. The standard InChI is InChI=1S/C24H21Cl2FN2O3S/c25-19-2-1-3-20(26)17(19)14-32-23-11-8-18-21(29-23)9-10-22-24(18,12-13-28-22)33(30,31)16-6-4-15(27)5-7-16/h1-8,11,22,28H,9-10,12-14H2. The number of fused-ring (bicyclic) bond motifs is 3. The van der Waals surface area contributed by atoms with Crippen molar-refractivity contribution in [3.63, 3.8) is 0 Å². The lowest BCUT2D eigenvalue weighted by molar-refractivity contribution is 0.291. The van der Waals surface area contributed by atoms with E-state index in [1.165, 1.54) is 24.3 Å². The third-order valence-electron chi connectivity index (χ3n) is 6.55. The molecule has 5 rings (SSSR count). The van der Waals surface area contributed by atoms with E-state index in [1.54, 1.807) is 30.3 Å². The maximum absolute atomic E-state index is 13.9. The zero-order valence-electron chi connectivity index (χ0n) is 17.5. The molecule has 0 bridgehead atoms. The van der Waals surface area contributed by atoms with Gasteiger partial charge in [-0.25, -0.2) is 17.8 Å². The largest absolute Gasteiger partial charge is 0.473 e. The summed E-state index contributed by atoms with van der Waals surface area (Å²) in [7, 11) is -3.81. The number of nitrogens with one attached hydrogen (secondary N) is 1. The second kappa shape index (κ2) is 8.55. The van der Waals surface area contributed by atoms with Gasteiger partial charge in [0.1, 0.15) is 17.2 Å². The first-order valence-corrected chi connectivity index (χ1v) is 12.9. The van der Waals surface area contributed by atoms with E-state index >= 15 is 0 Å². The van der Waals surface area contributed by atoms with Crippen LogP contribution in [0.2, 0.25) is 10.0 Å². The minimum atomic E-state index is -3.81. The van der Waals surface area contributed by atoms with Crippen LogP contribution in [0.5, 0.6) is 5.88 Å². The van der Waals surface area contributed by atoms with Crippen molar-refractivity contribution in [2.45, 2.75) is 41.6 Å². The Bertz CT molecular complexity index is 1300. The lowest BCUT2D eigenvalue weighted by Gasteiger charge is -2.39. The number of hydrogen-bond acceptors (Lipinski definition) is 5. The van der Waals surface area contributed by atoms with E-state index < -0.39 is 20.4 Å². The van der Waals surface area contributed by atoms with Crippen LogP contribution >= 0.6 is 23.2 Å². The molecule has 3 aromatic rings. The van der Waals surface area contributed by atoms with Crippen LogP contribution in [-0.2, 0) is 27.6 Å². The third-order valence-corrected chi connectivity index (χ3v) is 9.82. The molecule has 1 aromatic heterocycles. The summed E-state index contributed by atoms with van der Waals surface area (Å²) in [5, 5.41) is 4.37. The zero-order valence-corrected chi connectivity index (χ0v) is 19.9. The van der Waals surface area contributed by atoms with Crippen LogP contribution in [0.15, 0.2) is 59.5 Å². The van der Waals surface area contributed by atoms with Crippen LogP contribution in [0, 0.1) is 5.82 Å². The van der Waals surface area contributed by atoms with Crippen molar-refractivity contribution in [3.05, 3.63) is 87.3 Å². The zero-order chi connectivity index (χ0) is 23.2. The van der Waals surface area contributed by atoms with Crippen LogP contribution < -0.4 is 10.1 Å². The Morgan fingerprint density at radius 3 is 2.55 bits per heavy atom. The van der Waals surface area contributed by atoms with E-state index in [-0.39, 0.29) is 17.5 Å². The summed E-state index contributed by atoms with van der Waals surface area (Å²) in [6.45, 7) is 0.723. The highest BCUT2D eigenvalue weighted by Gasteiger charge is 2.57. The minimum Gasteiger partial charge on any atom is -0.473 e. The number of benzene rings is 2. The number of nitrogens with zero attached hydrogens (tertiary/aromatic N) is 1. The summed E-state index contributed by atoms with van der Waals surface area (Å²) < 4.78 is 45.9. The van der Waals surface area contributed by atoms with E-state index in [0.29, 0.717) is 58.6 Å². The van der Waals surface area contributed by atoms with Gasteiger partial charge in [0.2, 0.25) is 5.88 Å². The van der Waals surface area contributed by atoms with Crippen LogP contribution in [0.3, 0.4) is 0 Å². The predicted octanol–water partition coefficient (Wildman–Crippen LogP) is 5.08. The van der Waals surface area contributed by atoms with Crippen molar-refractivity contribution in [2.24, 2.45) is 0 Å². The van der Waals surface area contributed by atoms with Gasteiger partial charge in [-0.2, -0.15) is 0 Å². The summed E-state index contributed by atoms with van der Waals surface area (Å²) in [6.07, 6.45) is 1.67. The molecule has 2 atom stereocenters. The molecule has 1 fully saturated rings. The maximum atomic E-state index is 13.9. The average molecular weight is 507 g/mol. The lowest BCUT2D eigenvalue weighted by atomic mass is 9.81. The molecule has 9 heteroatoms. The van der Waals surface area contributed by atoms with E-state index in [4.69, 9.17) is 27.9 Å². The first kappa shape index (κ1) is 22.6. The number of sulfone groups is 1. The number of ether oxygens (including phenoxy) is 1. The molecule has 2 aromatic carbocycles. The van der Waals surface area contributed by atoms with Crippen LogP contribution in [0.1, 0.15) is 29.7 Å². The number of aryl methyl sites for hydroxylation is 1. The summed E-state index contributed by atoms with van der Waals surface area (Å²) in [5.41, 5.74) is 2.04. The normalized spacial score (nSPS) is 22.0. The molecular formula is C24H21Cl2FN2O3S. The highest BCUT2D eigenvalue weighted by Crippen LogP contribution is 2.49. The Labute approximate surface area is 201 Å². The summed E-state index contributed by atoms with van der Waals surface area (Å²) >= 11 is 12.5. The molecule has 1 aliphatic heterocycles. The summed E-state index contributed by atoms with van der Waals surface area (Å²) in [5.74, 6) is -0.0952. The van der Waals surface area contributed by atoms with E-state index in [2.05, 4.69) is 10.3 Å². The van der Waals surface area contributed by atoms with Gasteiger partial charge < -0.3 is 10.1 Å². The first-order chi connectivity index (χ1) is 15.8. The van der Waals surface area contributed by atoms with Crippen LogP contribution in [0.4, 0.5) is 4.39 Å². The highest BCUT2D eigenvalue weighted by atomic mass is 35.5. The van der Waals surface area contributed by atoms with Crippen molar-refractivity contribution in [2.75, 3.05) is 6.54 Å². The predicted molar refractivity (Wildman–Crippen MR) is 125 cm³/mol. The molecule has 5 nitrogen and oxygen atoms in total. The maximum Gasteiger partial charge on any atom is 0.213 e. The Balaban J connectivity index is 1.51. The molecule has 33 heavy (non-hydrogen) atoms. The van der Waals surface area contributed by atoms with Gasteiger partial charge in [0.05, 0.1) is 4.90 Å². The third kappa shape index (κ3) is 3.71. The van der Waals surface area contributed by atoms with Gasteiger partial charge >= 0.3 is 0 Å². The number of halogens is 3. The molecule has 1 saturated heterocycles. The second-order valence-electron chi connectivity index (χ2n) is 8.27. The Hall–Kier alpha value is -2.19. The molecule has 0 radical (unpaired) electrons. The monoisotopic (exact) mass is 506 g/mol. The van der Waals surface area contributed by atoms with Crippen molar-refractivity contribution < 1.29 is 17.5 Å². The number of rotatable bonds is 5. The molecule has 1 N–H and O–H groups in total. The fraction of sp³-hybridized carbons (Fsp3) is 0.292. The highest BCUT2D eigenvalue weighted by molar-refractivity contribution is 7.92. The molecule has 2 unspecified atom stereocenters. The van der Waals surface area contributed by atoms with Gasteiger partial charge in [0, 0.05) is 33.4 Å². The van der Waals surface area contributed by atoms with E-state index in [1.807, 2.05) is 0 Å². The summed E-state index contributed by atoms with van der Waals surface area (Å²) in [4.78, 5) is 4.76. The van der Waals surface area contributed by atoms with Gasteiger partial charge in [0.25, 0.3) is 0 Å². The molecule has 0 spiro atoms.